The minimum Gasteiger partial charge on any atom is -0.429 e. The zero-order valence-corrected chi connectivity index (χ0v) is 23.2. The molecule has 4 saturated carbocycles. The topological polar surface area (TPSA) is 135 Å². The minimum absolute atomic E-state index is 0.0338. The van der Waals surface area contributed by atoms with Crippen LogP contribution in [0.2, 0.25) is 0 Å². The number of esters is 1. The van der Waals surface area contributed by atoms with Gasteiger partial charge >= 0.3 is 5.97 Å². The van der Waals surface area contributed by atoms with Crippen LogP contribution in [0.25, 0.3) is 0 Å². The third-order valence-corrected chi connectivity index (χ3v) is 13.2. The molecule has 7 fully saturated rings. The van der Waals surface area contributed by atoms with Crippen molar-refractivity contribution in [3.63, 3.8) is 0 Å². The summed E-state index contributed by atoms with van der Waals surface area (Å²) in [6.07, 6.45) is -0.297. The highest BCUT2D eigenvalue weighted by Gasteiger charge is 2.83. The van der Waals surface area contributed by atoms with Crippen molar-refractivity contribution in [1.82, 2.24) is 0 Å². The Balaban J connectivity index is 1.26. The van der Waals surface area contributed by atoms with Gasteiger partial charge in [0.25, 0.3) is 0 Å². The SMILES string of the molecule is CO[C@H]1CC(=O)[C@]2(C)[C@H]3CC[C@]4(C)C5[C@H](C[C@H]4[C@@H]3C[C@H]3O[C@]32[C@H]1O)OC1(OC(=O)[C@H](C)[C@H]1C)[C@@H](O)[C@]5(C)O. The Kier molecular flexibility index (Phi) is 5.03. The number of hydrogen-bond donors (Lipinski definition) is 3. The van der Waals surface area contributed by atoms with Crippen LogP contribution in [0.3, 0.4) is 0 Å². The fourth-order valence-corrected chi connectivity index (χ4v) is 11.1. The van der Waals surface area contributed by atoms with Crippen LogP contribution < -0.4 is 0 Å². The smallest absolute Gasteiger partial charge is 0.311 e. The monoisotopic (exact) mass is 534 g/mol. The van der Waals surface area contributed by atoms with Gasteiger partial charge in [-0.2, -0.15) is 0 Å². The maximum absolute atomic E-state index is 13.8. The highest BCUT2D eigenvalue weighted by atomic mass is 16.7. The summed E-state index contributed by atoms with van der Waals surface area (Å²) in [4.78, 5) is 26.3. The molecule has 9 nitrogen and oxygen atoms in total. The normalized spacial score (nSPS) is 64.4. The molecule has 0 radical (unpaired) electrons. The van der Waals surface area contributed by atoms with E-state index in [1.807, 2.05) is 13.8 Å². The van der Waals surface area contributed by atoms with Crippen molar-refractivity contribution in [3.05, 3.63) is 0 Å². The molecule has 0 aromatic carbocycles. The molecule has 0 aromatic heterocycles. The maximum atomic E-state index is 13.8. The van der Waals surface area contributed by atoms with Gasteiger partial charge in [-0.1, -0.05) is 20.8 Å². The van der Waals surface area contributed by atoms with Crippen LogP contribution in [0.1, 0.15) is 66.7 Å². The van der Waals surface area contributed by atoms with E-state index >= 15 is 0 Å². The number of fused-ring (bicyclic) bond motifs is 6. The number of methoxy groups -OCH3 is 1. The molecule has 7 aliphatic rings. The van der Waals surface area contributed by atoms with Gasteiger partial charge < -0.3 is 34.3 Å². The summed E-state index contributed by atoms with van der Waals surface area (Å²) in [5, 5.41) is 34.9. The molecular formula is C29H42O9. The molecule has 0 bridgehead atoms. The number of hydrogen-bond acceptors (Lipinski definition) is 9. The molecule has 2 spiro atoms. The molecule has 3 N–H and O–H groups in total. The first-order valence-corrected chi connectivity index (χ1v) is 14.4. The average Bonchev–Trinajstić information content (AvgIpc) is 3.46. The van der Waals surface area contributed by atoms with Crippen molar-refractivity contribution in [2.45, 2.75) is 114 Å². The van der Waals surface area contributed by atoms with E-state index in [0.717, 1.165) is 19.3 Å². The number of carbonyl (C=O) groups excluding carboxylic acids is 2. The largest absolute Gasteiger partial charge is 0.429 e. The summed E-state index contributed by atoms with van der Waals surface area (Å²) in [6, 6.07) is 0. The first-order valence-electron chi connectivity index (χ1n) is 14.4. The summed E-state index contributed by atoms with van der Waals surface area (Å²) in [5.41, 5.74) is -3.57. The van der Waals surface area contributed by atoms with Gasteiger partial charge in [0.15, 0.2) is 0 Å². The highest BCUT2D eigenvalue weighted by Crippen LogP contribution is 2.75. The van der Waals surface area contributed by atoms with Gasteiger partial charge in [-0.05, 0) is 62.7 Å². The van der Waals surface area contributed by atoms with E-state index < -0.39 is 64.6 Å². The third kappa shape index (κ3) is 2.57. The fraction of sp³-hybridized carbons (Fsp3) is 0.931. The minimum atomic E-state index is -1.57. The lowest BCUT2D eigenvalue weighted by molar-refractivity contribution is -0.368. The van der Waals surface area contributed by atoms with E-state index in [9.17, 15) is 24.9 Å². The molecule has 38 heavy (non-hydrogen) atoms. The zero-order valence-electron chi connectivity index (χ0n) is 23.2. The lowest BCUT2D eigenvalue weighted by Crippen LogP contribution is -2.71. The number of aliphatic hydroxyl groups excluding tert-OH is 2. The van der Waals surface area contributed by atoms with Gasteiger partial charge in [0.2, 0.25) is 5.79 Å². The summed E-state index contributed by atoms with van der Waals surface area (Å²) in [5.74, 6) is -2.79. The molecule has 2 unspecified atom stereocenters. The molecule has 3 aliphatic heterocycles. The van der Waals surface area contributed by atoms with E-state index in [4.69, 9.17) is 18.9 Å². The average molecular weight is 535 g/mol. The zero-order chi connectivity index (χ0) is 27.4. The number of rotatable bonds is 1. The number of ether oxygens (including phenoxy) is 4. The number of ketones is 1. The van der Waals surface area contributed by atoms with Gasteiger partial charge in [-0.25, -0.2) is 0 Å². The Labute approximate surface area is 223 Å². The van der Waals surface area contributed by atoms with E-state index in [1.54, 1.807) is 13.8 Å². The molecule has 0 aromatic rings. The Morgan fingerprint density at radius 2 is 1.74 bits per heavy atom. The lowest BCUT2D eigenvalue weighted by Gasteiger charge is -2.61. The molecule has 212 valence electrons. The van der Waals surface area contributed by atoms with Crippen LogP contribution in [0.15, 0.2) is 0 Å². The number of carbonyl (C=O) groups is 2. The Morgan fingerprint density at radius 3 is 2.37 bits per heavy atom. The van der Waals surface area contributed by atoms with Crippen LogP contribution >= 0.6 is 0 Å². The maximum Gasteiger partial charge on any atom is 0.311 e. The van der Waals surface area contributed by atoms with Crippen molar-refractivity contribution in [1.29, 1.82) is 0 Å². The summed E-state index contributed by atoms with van der Waals surface area (Å²) < 4.78 is 24.2. The predicted octanol–water partition coefficient (Wildman–Crippen LogP) is 1.59. The first-order chi connectivity index (χ1) is 17.7. The Morgan fingerprint density at radius 1 is 1.03 bits per heavy atom. The van der Waals surface area contributed by atoms with Gasteiger partial charge in [-0.15, -0.1) is 0 Å². The van der Waals surface area contributed by atoms with Gasteiger partial charge in [0, 0.05) is 25.4 Å². The van der Waals surface area contributed by atoms with E-state index in [0.29, 0.717) is 6.42 Å². The first kappa shape index (κ1) is 25.8. The molecule has 9 heteroatoms. The summed E-state index contributed by atoms with van der Waals surface area (Å²) in [6.45, 7) is 9.48. The molecule has 7 rings (SSSR count). The van der Waals surface area contributed by atoms with Crippen molar-refractivity contribution in [2.75, 3.05) is 7.11 Å². The summed E-state index contributed by atoms with van der Waals surface area (Å²) in [7, 11) is 1.53. The molecule has 0 amide bonds. The Hall–Kier alpha value is -1.10. The van der Waals surface area contributed by atoms with Crippen LogP contribution in [-0.2, 0) is 28.5 Å². The summed E-state index contributed by atoms with van der Waals surface area (Å²) >= 11 is 0. The molecular weight excluding hydrogens is 492 g/mol. The second kappa shape index (κ2) is 7.39. The second-order valence-electron chi connectivity index (χ2n) is 14.3. The number of aliphatic hydroxyl groups is 3. The van der Waals surface area contributed by atoms with Crippen LogP contribution in [0.4, 0.5) is 0 Å². The highest BCUT2D eigenvalue weighted by molar-refractivity contribution is 5.89. The molecule has 4 aliphatic carbocycles. The van der Waals surface area contributed by atoms with Crippen molar-refractivity contribution < 1.29 is 43.9 Å². The third-order valence-electron chi connectivity index (χ3n) is 13.2. The van der Waals surface area contributed by atoms with E-state index in [1.165, 1.54) is 7.11 Å². The number of Topliss-reactive ketones (excluding diaryl/α,β-unsaturated/α-hetero) is 1. The van der Waals surface area contributed by atoms with E-state index in [2.05, 4.69) is 6.92 Å². The molecule has 3 heterocycles. The molecule has 16 atom stereocenters. The fourth-order valence-electron chi connectivity index (χ4n) is 11.1. The van der Waals surface area contributed by atoms with E-state index in [-0.39, 0.29) is 47.4 Å². The Bertz CT molecular complexity index is 1090. The quantitative estimate of drug-likeness (QED) is 0.339. The van der Waals surface area contributed by atoms with Gasteiger partial charge in [-0.3, -0.25) is 9.59 Å². The standard InChI is InChI=1S/C29H42O9/c1-12-13(2)29(38-23(12)32)24(33)27(5,34)21-17(36-29)10-16-14-9-20-28(37-20)22(31)18(35-6)11-19(30)26(28,4)15(14)7-8-25(16,21)3/h12-18,20-22,24,31,33-34H,7-11H2,1-6H3/t12-,13-,14-,15+,16+,17+,18+,20-,21?,22+,24+,25+,26+,27-,28+,29?/m1/s1. The second-order valence-corrected chi connectivity index (χ2v) is 14.3. The van der Waals surface area contributed by atoms with Crippen LogP contribution in [0, 0.1) is 46.3 Å². The van der Waals surface area contributed by atoms with Crippen LogP contribution in [-0.4, -0.2) is 81.7 Å². The van der Waals surface area contributed by atoms with Crippen molar-refractivity contribution >= 4 is 11.8 Å². The van der Waals surface area contributed by atoms with Gasteiger partial charge in [0.05, 0.1) is 29.6 Å². The van der Waals surface area contributed by atoms with Crippen molar-refractivity contribution in [3.8, 4) is 0 Å². The predicted molar refractivity (Wildman–Crippen MR) is 131 cm³/mol. The van der Waals surface area contributed by atoms with Gasteiger partial charge in [0.1, 0.15) is 29.2 Å². The molecule has 3 saturated heterocycles. The number of epoxide rings is 1. The van der Waals surface area contributed by atoms with Crippen LogP contribution in [0.5, 0.6) is 0 Å². The van der Waals surface area contributed by atoms with Crippen molar-refractivity contribution in [2.24, 2.45) is 46.3 Å². The lowest BCUT2D eigenvalue weighted by atomic mass is 9.43.